The standard InChI is InChI=1S/C4H6O6.C4H4O4.C3H4O5.C3H6O3/c5-1(3(7)8)2(6)4(9)10;5-3(6)1-2-4(7)8;4-1(2(5)6)3(7)8;1-2(4)3(5)6/h1-2,5-6H,(H,7,8)(H,9,10);1-2H,(H,5,6)(H,7,8);1,4H,(H,5,6)(H,7,8);2,4H,1H3,(H,5,6)/b;2-1-;;. The summed E-state index contributed by atoms with van der Waals surface area (Å²) in [6.07, 6.45) is -6.94. The van der Waals surface area contributed by atoms with E-state index in [1.54, 1.807) is 0 Å². The minimum atomic E-state index is -2.30. The lowest BCUT2D eigenvalue weighted by atomic mass is 10.2. The maximum Gasteiger partial charge on any atom is 0.344 e. The topological polar surface area (TPSA) is 342 Å². The van der Waals surface area contributed by atoms with Gasteiger partial charge < -0.3 is 56.2 Å². The lowest BCUT2D eigenvalue weighted by Crippen LogP contribution is -2.39. The molecule has 3 unspecified atom stereocenters. The first-order valence-corrected chi connectivity index (χ1v) is 7.29. The first-order chi connectivity index (χ1) is 14.3. The molecule has 0 saturated carbocycles. The number of aliphatic hydroxyl groups excluding tert-OH is 4. The molecule has 0 rings (SSSR count). The summed E-state index contributed by atoms with van der Waals surface area (Å²) in [6, 6.07) is 0. The summed E-state index contributed by atoms with van der Waals surface area (Å²) in [5, 5.41) is 87.4. The predicted molar refractivity (Wildman–Crippen MR) is 92.3 cm³/mol. The van der Waals surface area contributed by atoms with Crippen molar-refractivity contribution in [3.8, 4) is 0 Å². The van der Waals surface area contributed by atoms with E-state index in [4.69, 9.17) is 56.2 Å². The fraction of sp³-hybridized carbons (Fsp3) is 0.357. The first-order valence-electron chi connectivity index (χ1n) is 7.29. The Morgan fingerprint density at radius 2 is 0.719 bits per heavy atom. The van der Waals surface area contributed by atoms with Gasteiger partial charge in [-0.3, -0.25) is 0 Å². The van der Waals surface area contributed by atoms with E-state index < -0.39 is 66.2 Å². The van der Waals surface area contributed by atoms with E-state index >= 15 is 0 Å². The third-order valence-electron chi connectivity index (χ3n) is 2.00. The van der Waals surface area contributed by atoms with Crippen LogP contribution in [0.5, 0.6) is 0 Å². The van der Waals surface area contributed by atoms with Crippen molar-refractivity contribution in [2.24, 2.45) is 0 Å². The van der Waals surface area contributed by atoms with Crippen molar-refractivity contribution in [1.29, 1.82) is 0 Å². The highest BCUT2D eigenvalue weighted by Crippen LogP contribution is 1.92. The van der Waals surface area contributed by atoms with Gasteiger partial charge in [-0.2, -0.15) is 0 Å². The number of carboxylic acids is 7. The summed E-state index contributed by atoms with van der Waals surface area (Å²) < 4.78 is 0. The van der Waals surface area contributed by atoms with Gasteiger partial charge in [-0.05, 0) is 6.92 Å². The van der Waals surface area contributed by atoms with E-state index in [0.717, 1.165) is 0 Å². The molecule has 0 aliphatic heterocycles. The zero-order valence-corrected chi connectivity index (χ0v) is 15.7. The fourth-order valence-corrected chi connectivity index (χ4v) is 0.518. The first kappa shape index (κ1) is 35.3. The van der Waals surface area contributed by atoms with Gasteiger partial charge in [-0.25, -0.2) is 33.6 Å². The van der Waals surface area contributed by atoms with Gasteiger partial charge in [0.25, 0.3) is 0 Å². The summed E-state index contributed by atoms with van der Waals surface area (Å²) in [5.74, 6) is -10.7. The maximum absolute atomic E-state index is 9.77. The van der Waals surface area contributed by atoms with Crippen LogP contribution < -0.4 is 0 Å². The van der Waals surface area contributed by atoms with Crippen molar-refractivity contribution in [2.45, 2.75) is 31.3 Å². The number of carboxylic acid groups (broad SMARTS) is 7. The van der Waals surface area contributed by atoms with Crippen molar-refractivity contribution in [2.75, 3.05) is 0 Å². The Balaban J connectivity index is -0.000000166. The molecule has 0 spiro atoms. The third kappa shape index (κ3) is 25.9. The zero-order valence-electron chi connectivity index (χ0n) is 15.7. The average Bonchev–Trinajstić information content (AvgIpc) is 2.65. The van der Waals surface area contributed by atoms with Crippen molar-refractivity contribution >= 4 is 41.8 Å². The van der Waals surface area contributed by atoms with Crippen LogP contribution in [-0.2, 0) is 33.6 Å². The van der Waals surface area contributed by atoms with Crippen LogP contribution in [0.25, 0.3) is 0 Å². The molecule has 18 nitrogen and oxygen atoms in total. The number of hydrogen-bond donors (Lipinski definition) is 11. The van der Waals surface area contributed by atoms with Crippen molar-refractivity contribution in [3.63, 3.8) is 0 Å². The molecule has 0 radical (unpaired) electrons. The molecule has 3 atom stereocenters. The minimum Gasteiger partial charge on any atom is -0.479 e. The average molecular weight is 476 g/mol. The van der Waals surface area contributed by atoms with Crippen LogP contribution in [0.15, 0.2) is 12.2 Å². The number of hydrogen-bond acceptors (Lipinski definition) is 11. The molecule has 0 fully saturated rings. The monoisotopic (exact) mass is 476 g/mol. The van der Waals surface area contributed by atoms with Crippen LogP contribution in [0.4, 0.5) is 0 Å². The predicted octanol–water partition coefficient (Wildman–Crippen LogP) is -4.44. The Hall–Kier alpha value is -4.13. The van der Waals surface area contributed by atoms with Crippen LogP contribution in [0, 0.1) is 0 Å². The summed E-state index contributed by atoms with van der Waals surface area (Å²) >= 11 is 0. The van der Waals surface area contributed by atoms with E-state index in [1.807, 2.05) is 0 Å². The molecule has 0 heterocycles. The smallest absolute Gasteiger partial charge is 0.344 e. The number of aliphatic carboxylic acids is 7. The molecular formula is C14H20O18. The molecule has 0 aromatic carbocycles. The van der Waals surface area contributed by atoms with Gasteiger partial charge in [0.05, 0.1) is 0 Å². The molecule has 0 aromatic heterocycles. The Kier molecular flexibility index (Phi) is 20.8. The molecule has 11 N–H and O–H groups in total. The van der Waals surface area contributed by atoms with Crippen molar-refractivity contribution < 1.29 is 89.7 Å². The van der Waals surface area contributed by atoms with Gasteiger partial charge in [-0.1, -0.05) is 0 Å². The second kappa shape index (κ2) is 18.9. The molecule has 0 saturated heterocycles. The van der Waals surface area contributed by atoms with E-state index in [9.17, 15) is 33.6 Å². The number of aliphatic hydroxyl groups is 4. The summed E-state index contributed by atoms with van der Waals surface area (Å²) in [5.41, 5.74) is 0. The molecule has 0 amide bonds. The van der Waals surface area contributed by atoms with Crippen LogP contribution in [0.1, 0.15) is 6.92 Å². The van der Waals surface area contributed by atoms with Crippen molar-refractivity contribution in [3.05, 3.63) is 12.2 Å². The van der Waals surface area contributed by atoms with Gasteiger partial charge in [0.1, 0.15) is 6.10 Å². The Labute approximate surface area is 176 Å². The second-order valence-electron chi connectivity index (χ2n) is 4.67. The van der Waals surface area contributed by atoms with E-state index in [1.165, 1.54) is 6.92 Å². The molecule has 184 valence electrons. The Morgan fingerprint density at radius 3 is 0.781 bits per heavy atom. The van der Waals surface area contributed by atoms with Gasteiger partial charge in [0.2, 0.25) is 6.10 Å². The Bertz CT molecular complexity index is 644. The number of carbonyl (C=O) groups is 7. The minimum absolute atomic E-state index is 0.558. The van der Waals surface area contributed by atoms with E-state index in [0.29, 0.717) is 12.2 Å². The van der Waals surface area contributed by atoms with Crippen LogP contribution in [0.3, 0.4) is 0 Å². The number of rotatable bonds is 8. The van der Waals surface area contributed by atoms with Crippen molar-refractivity contribution in [1.82, 2.24) is 0 Å². The lowest BCUT2D eigenvalue weighted by molar-refractivity contribution is -0.165. The lowest BCUT2D eigenvalue weighted by Gasteiger charge is -2.07. The molecule has 0 bridgehead atoms. The summed E-state index contributed by atoms with van der Waals surface area (Å²) in [6.45, 7) is 1.20. The maximum atomic E-state index is 9.77. The highest BCUT2D eigenvalue weighted by atomic mass is 16.4. The summed E-state index contributed by atoms with van der Waals surface area (Å²) in [4.78, 5) is 67.1. The molecule has 18 heteroatoms. The highest BCUT2D eigenvalue weighted by Gasteiger charge is 2.29. The van der Waals surface area contributed by atoms with Gasteiger partial charge >= 0.3 is 41.8 Å². The van der Waals surface area contributed by atoms with Crippen LogP contribution >= 0.6 is 0 Å². The largest absolute Gasteiger partial charge is 0.479 e. The molecule has 0 aliphatic rings. The summed E-state index contributed by atoms with van der Waals surface area (Å²) in [7, 11) is 0. The fourth-order valence-electron chi connectivity index (χ4n) is 0.518. The van der Waals surface area contributed by atoms with Gasteiger partial charge in [0, 0.05) is 12.2 Å². The Morgan fingerprint density at radius 1 is 0.500 bits per heavy atom. The van der Waals surface area contributed by atoms with Crippen LogP contribution in [-0.4, -0.2) is 122 Å². The normalized spacial score (nSPS) is 12.2. The van der Waals surface area contributed by atoms with E-state index in [2.05, 4.69) is 0 Å². The zero-order chi connectivity index (χ0) is 26.8. The third-order valence-corrected chi connectivity index (χ3v) is 2.00. The van der Waals surface area contributed by atoms with Gasteiger partial charge in [-0.15, -0.1) is 0 Å². The van der Waals surface area contributed by atoms with Crippen LogP contribution in [0.2, 0.25) is 0 Å². The quantitative estimate of drug-likeness (QED) is 0.116. The molecule has 0 aromatic rings. The SMILES string of the molecule is CC(O)C(=O)O.O=C(O)/C=C\C(=O)O.O=C(O)C(O)C(=O)O.O=C(O)C(O)C(O)C(=O)O. The molecular weight excluding hydrogens is 456 g/mol. The molecule has 0 aliphatic carbocycles. The highest BCUT2D eigenvalue weighted by molar-refractivity contribution is 5.95. The molecule has 32 heavy (non-hydrogen) atoms. The second-order valence-corrected chi connectivity index (χ2v) is 4.67. The van der Waals surface area contributed by atoms with Gasteiger partial charge in [0.15, 0.2) is 12.2 Å². The van der Waals surface area contributed by atoms with E-state index in [-0.39, 0.29) is 0 Å².